The summed E-state index contributed by atoms with van der Waals surface area (Å²) >= 11 is 1.55. The first-order valence-corrected chi connectivity index (χ1v) is 7.41. The summed E-state index contributed by atoms with van der Waals surface area (Å²) < 4.78 is 0. The number of aromatic nitrogens is 1. The Labute approximate surface area is 123 Å². The molecule has 2 aromatic rings. The van der Waals surface area contributed by atoms with Crippen molar-refractivity contribution in [2.24, 2.45) is 11.7 Å². The average molecular weight is 289 g/mol. The maximum absolute atomic E-state index is 12.4. The average Bonchev–Trinajstić information content (AvgIpc) is 2.98. The number of rotatable bonds is 5. The van der Waals surface area contributed by atoms with E-state index in [2.05, 4.69) is 4.98 Å². The molecular weight excluding hydrogens is 270 g/mol. The fourth-order valence-electron chi connectivity index (χ4n) is 2.08. The summed E-state index contributed by atoms with van der Waals surface area (Å²) in [6, 6.07) is 9.43. The molecule has 0 spiro atoms. The minimum Gasteiger partial charge on any atom is -0.339 e. The van der Waals surface area contributed by atoms with E-state index in [4.69, 9.17) is 5.73 Å². The van der Waals surface area contributed by atoms with Crippen LogP contribution in [0.3, 0.4) is 0 Å². The summed E-state index contributed by atoms with van der Waals surface area (Å²) in [5.41, 5.74) is 7.17. The van der Waals surface area contributed by atoms with E-state index in [-0.39, 0.29) is 17.9 Å². The Morgan fingerprint density at radius 1 is 1.40 bits per heavy atom. The number of hydrogen-bond donors (Lipinski definition) is 1. The van der Waals surface area contributed by atoms with Crippen molar-refractivity contribution in [1.82, 2.24) is 9.88 Å². The van der Waals surface area contributed by atoms with E-state index in [9.17, 15) is 4.79 Å². The predicted molar refractivity (Wildman–Crippen MR) is 81.1 cm³/mol. The molecule has 106 valence electrons. The number of amides is 1. The number of thiazole rings is 1. The molecule has 1 aromatic heterocycles. The summed E-state index contributed by atoms with van der Waals surface area (Å²) in [4.78, 5) is 18.3. The van der Waals surface area contributed by atoms with Crippen LogP contribution >= 0.6 is 11.3 Å². The van der Waals surface area contributed by atoms with Gasteiger partial charge in [-0.2, -0.15) is 0 Å². The Kier molecular flexibility index (Phi) is 4.87. The molecular formula is C15H19N3OS. The Bertz CT molecular complexity index is 542. The molecule has 0 aliphatic carbocycles. The highest BCUT2D eigenvalue weighted by atomic mass is 32.1. The van der Waals surface area contributed by atoms with Crippen LogP contribution in [0, 0.1) is 5.92 Å². The molecule has 1 aromatic carbocycles. The second-order valence-electron chi connectivity index (χ2n) is 4.85. The SMILES string of the molecule is CC(C(=O)N(C)Cc1nccs1)C(N)c1ccccc1. The molecule has 2 rings (SSSR count). The Morgan fingerprint density at radius 3 is 2.70 bits per heavy atom. The molecule has 5 heteroatoms. The first kappa shape index (κ1) is 14.7. The molecule has 2 atom stereocenters. The summed E-state index contributed by atoms with van der Waals surface area (Å²) in [6.45, 7) is 2.40. The van der Waals surface area contributed by atoms with E-state index in [0.717, 1.165) is 10.6 Å². The van der Waals surface area contributed by atoms with Gasteiger partial charge in [-0.3, -0.25) is 4.79 Å². The smallest absolute Gasteiger partial charge is 0.227 e. The van der Waals surface area contributed by atoms with Crippen molar-refractivity contribution in [1.29, 1.82) is 0 Å². The first-order valence-electron chi connectivity index (χ1n) is 6.53. The van der Waals surface area contributed by atoms with E-state index < -0.39 is 0 Å². The van der Waals surface area contributed by atoms with Crippen LogP contribution in [0.25, 0.3) is 0 Å². The van der Waals surface area contributed by atoms with E-state index in [1.807, 2.05) is 42.6 Å². The molecule has 0 radical (unpaired) electrons. The van der Waals surface area contributed by atoms with Crippen LogP contribution in [0.5, 0.6) is 0 Å². The highest BCUT2D eigenvalue weighted by Gasteiger charge is 2.25. The monoisotopic (exact) mass is 289 g/mol. The summed E-state index contributed by atoms with van der Waals surface area (Å²) in [5, 5.41) is 2.84. The molecule has 0 saturated carbocycles. The van der Waals surface area contributed by atoms with Crippen LogP contribution in [-0.4, -0.2) is 22.8 Å². The third-order valence-corrected chi connectivity index (χ3v) is 4.11. The van der Waals surface area contributed by atoms with Crippen LogP contribution in [-0.2, 0) is 11.3 Å². The van der Waals surface area contributed by atoms with Gasteiger partial charge in [-0.05, 0) is 5.56 Å². The Balaban J connectivity index is 2.01. The van der Waals surface area contributed by atoms with Crippen molar-refractivity contribution >= 4 is 17.2 Å². The predicted octanol–water partition coefficient (Wildman–Crippen LogP) is 2.44. The number of benzene rings is 1. The molecule has 1 amide bonds. The molecule has 0 saturated heterocycles. The maximum Gasteiger partial charge on any atom is 0.227 e. The van der Waals surface area contributed by atoms with Gasteiger partial charge in [0, 0.05) is 24.7 Å². The molecule has 4 nitrogen and oxygen atoms in total. The van der Waals surface area contributed by atoms with E-state index in [1.165, 1.54) is 0 Å². The number of carbonyl (C=O) groups excluding carboxylic acids is 1. The van der Waals surface area contributed by atoms with Crippen LogP contribution in [0.15, 0.2) is 41.9 Å². The molecule has 20 heavy (non-hydrogen) atoms. The van der Waals surface area contributed by atoms with Gasteiger partial charge in [-0.25, -0.2) is 4.98 Å². The van der Waals surface area contributed by atoms with Gasteiger partial charge in [0.05, 0.1) is 12.5 Å². The van der Waals surface area contributed by atoms with Crippen molar-refractivity contribution in [3.05, 3.63) is 52.5 Å². The lowest BCUT2D eigenvalue weighted by Crippen LogP contribution is -2.36. The molecule has 1 heterocycles. The third-order valence-electron chi connectivity index (χ3n) is 3.34. The van der Waals surface area contributed by atoms with Crippen molar-refractivity contribution in [3.8, 4) is 0 Å². The van der Waals surface area contributed by atoms with Crippen molar-refractivity contribution < 1.29 is 4.79 Å². The summed E-state index contributed by atoms with van der Waals surface area (Å²) in [7, 11) is 1.79. The lowest BCUT2D eigenvalue weighted by atomic mass is 9.94. The van der Waals surface area contributed by atoms with Gasteiger partial charge >= 0.3 is 0 Å². The number of hydrogen-bond acceptors (Lipinski definition) is 4. The van der Waals surface area contributed by atoms with Gasteiger partial charge in [0.2, 0.25) is 5.91 Å². The van der Waals surface area contributed by atoms with Crippen LogP contribution in [0.2, 0.25) is 0 Å². The minimum atomic E-state index is -0.289. The second-order valence-corrected chi connectivity index (χ2v) is 5.82. The van der Waals surface area contributed by atoms with Gasteiger partial charge in [-0.1, -0.05) is 37.3 Å². The van der Waals surface area contributed by atoms with Gasteiger partial charge < -0.3 is 10.6 Å². The zero-order valence-corrected chi connectivity index (χ0v) is 12.5. The second kappa shape index (κ2) is 6.63. The van der Waals surface area contributed by atoms with Crippen LogP contribution in [0.1, 0.15) is 23.5 Å². The number of carbonyl (C=O) groups is 1. The van der Waals surface area contributed by atoms with Crippen molar-refractivity contribution in [2.45, 2.75) is 19.5 Å². The van der Waals surface area contributed by atoms with E-state index >= 15 is 0 Å². The van der Waals surface area contributed by atoms with Crippen molar-refractivity contribution in [2.75, 3.05) is 7.05 Å². The highest BCUT2D eigenvalue weighted by Crippen LogP contribution is 2.21. The zero-order chi connectivity index (χ0) is 14.5. The van der Waals surface area contributed by atoms with Gasteiger partial charge in [0.25, 0.3) is 0 Å². The fraction of sp³-hybridized carbons (Fsp3) is 0.333. The normalized spacial score (nSPS) is 13.8. The standard InChI is InChI=1S/C15H19N3OS/c1-11(14(16)12-6-4-3-5-7-12)15(19)18(2)10-13-17-8-9-20-13/h3-9,11,14H,10,16H2,1-2H3. The van der Waals surface area contributed by atoms with Gasteiger partial charge in [0.15, 0.2) is 0 Å². The molecule has 2 unspecified atom stereocenters. The van der Waals surface area contributed by atoms with Crippen LogP contribution < -0.4 is 5.73 Å². The summed E-state index contributed by atoms with van der Waals surface area (Å²) in [6.07, 6.45) is 1.75. The molecule has 2 N–H and O–H groups in total. The molecule has 0 bridgehead atoms. The summed E-state index contributed by atoms with van der Waals surface area (Å²) in [5.74, 6) is -0.223. The highest BCUT2D eigenvalue weighted by molar-refractivity contribution is 7.09. The van der Waals surface area contributed by atoms with E-state index in [0.29, 0.717) is 6.54 Å². The quantitative estimate of drug-likeness (QED) is 0.919. The topological polar surface area (TPSA) is 59.2 Å². The van der Waals surface area contributed by atoms with Crippen LogP contribution in [0.4, 0.5) is 0 Å². The fourth-order valence-corrected chi connectivity index (χ4v) is 2.75. The number of nitrogens with two attached hydrogens (primary N) is 1. The molecule has 0 fully saturated rings. The lowest BCUT2D eigenvalue weighted by molar-refractivity contribution is -0.134. The van der Waals surface area contributed by atoms with Gasteiger partial charge in [0.1, 0.15) is 5.01 Å². The van der Waals surface area contributed by atoms with Crippen molar-refractivity contribution in [3.63, 3.8) is 0 Å². The zero-order valence-electron chi connectivity index (χ0n) is 11.7. The van der Waals surface area contributed by atoms with E-state index in [1.54, 1.807) is 29.5 Å². The molecule has 0 aliphatic rings. The Hall–Kier alpha value is -1.72. The number of nitrogens with zero attached hydrogens (tertiary/aromatic N) is 2. The molecule has 0 aliphatic heterocycles. The largest absolute Gasteiger partial charge is 0.339 e. The lowest BCUT2D eigenvalue weighted by Gasteiger charge is -2.25. The minimum absolute atomic E-state index is 0.0385. The Morgan fingerprint density at radius 2 is 2.10 bits per heavy atom. The first-order chi connectivity index (χ1) is 9.59. The third kappa shape index (κ3) is 3.43. The van der Waals surface area contributed by atoms with Gasteiger partial charge in [-0.15, -0.1) is 11.3 Å². The maximum atomic E-state index is 12.4.